The summed E-state index contributed by atoms with van der Waals surface area (Å²) in [6, 6.07) is 8.88. The molecule has 0 aromatic heterocycles. The molecule has 0 fully saturated rings. The van der Waals surface area contributed by atoms with Crippen molar-refractivity contribution in [1.82, 2.24) is 0 Å². The Labute approximate surface area is 123 Å². The van der Waals surface area contributed by atoms with Crippen LogP contribution in [0.1, 0.15) is 11.1 Å². The normalized spacial score (nSPS) is 10.5. The molecule has 0 saturated carbocycles. The Morgan fingerprint density at radius 2 is 1.63 bits per heavy atom. The zero-order chi connectivity index (χ0) is 13.8. The third kappa shape index (κ3) is 3.25. The van der Waals surface area contributed by atoms with Crippen LogP contribution in [0.5, 0.6) is 5.75 Å². The third-order valence-corrected chi connectivity index (χ3v) is 3.56. The fourth-order valence-electron chi connectivity index (χ4n) is 1.62. The average Bonchev–Trinajstić information content (AvgIpc) is 2.38. The third-order valence-electron chi connectivity index (χ3n) is 2.64. The topological polar surface area (TPSA) is 9.23 Å². The van der Waals surface area contributed by atoms with Gasteiger partial charge >= 0.3 is 0 Å². The van der Waals surface area contributed by atoms with Gasteiger partial charge < -0.3 is 4.74 Å². The lowest BCUT2D eigenvalue weighted by Gasteiger charge is -2.12. The summed E-state index contributed by atoms with van der Waals surface area (Å²) in [4.78, 5) is 0. The molecule has 2 aromatic rings. The van der Waals surface area contributed by atoms with Crippen molar-refractivity contribution < 1.29 is 13.5 Å². The molecule has 0 atom stereocenters. The monoisotopic (exact) mass is 346 g/mol. The number of halogens is 4. The standard InChI is InChI=1S/C14H10BrClF2O/c15-7-9-11(16)3-1-6-14(9)19-8-10-12(17)4-2-5-13(10)18/h1-6H,7-8H2. The predicted molar refractivity (Wildman–Crippen MR) is 74.8 cm³/mol. The summed E-state index contributed by atoms with van der Waals surface area (Å²) >= 11 is 9.32. The lowest BCUT2D eigenvalue weighted by atomic mass is 10.2. The summed E-state index contributed by atoms with van der Waals surface area (Å²) in [5.74, 6) is -0.739. The van der Waals surface area contributed by atoms with Crippen molar-refractivity contribution in [3.8, 4) is 5.75 Å². The second-order valence-corrected chi connectivity index (χ2v) is 4.81. The molecule has 0 spiro atoms. The first-order valence-corrected chi connectivity index (χ1v) is 7.02. The minimum Gasteiger partial charge on any atom is -0.488 e. The number of rotatable bonds is 4. The Kier molecular flexibility index (Phi) is 4.77. The second kappa shape index (κ2) is 6.35. The molecule has 0 unspecified atom stereocenters. The van der Waals surface area contributed by atoms with Crippen LogP contribution >= 0.6 is 27.5 Å². The van der Waals surface area contributed by atoms with Crippen LogP contribution < -0.4 is 4.74 Å². The number of benzene rings is 2. The van der Waals surface area contributed by atoms with E-state index in [1.54, 1.807) is 18.2 Å². The molecule has 1 nitrogen and oxygen atoms in total. The molecule has 0 heterocycles. The molecule has 2 aromatic carbocycles. The van der Waals surface area contributed by atoms with Gasteiger partial charge in [0.1, 0.15) is 24.0 Å². The van der Waals surface area contributed by atoms with Crippen molar-refractivity contribution in [2.24, 2.45) is 0 Å². The van der Waals surface area contributed by atoms with Crippen LogP contribution in [-0.2, 0) is 11.9 Å². The molecule has 0 amide bonds. The van der Waals surface area contributed by atoms with Gasteiger partial charge in [-0.3, -0.25) is 0 Å². The number of hydrogen-bond donors (Lipinski definition) is 0. The SMILES string of the molecule is Fc1cccc(F)c1COc1cccc(Cl)c1CBr. The second-order valence-electron chi connectivity index (χ2n) is 3.84. The summed E-state index contributed by atoms with van der Waals surface area (Å²) in [5, 5.41) is 1.05. The van der Waals surface area contributed by atoms with Gasteiger partial charge in [0, 0.05) is 15.9 Å². The Hall–Kier alpha value is -1.13. The molecule has 100 valence electrons. The highest BCUT2D eigenvalue weighted by Gasteiger charge is 2.11. The number of alkyl halides is 1. The molecular weight excluding hydrogens is 338 g/mol. The molecule has 0 saturated heterocycles. The van der Waals surface area contributed by atoms with Crippen molar-refractivity contribution in [3.63, 3.8) is 0 Å². The lowest BCUT2D eigenvalue weighted by Crippen LogP contribution is -2.03. The number of hydrogen-bond acceptors (Lipinski definition) is 1. The Bertz CT molecular complexity index is 569. The van der Waals surface area contributed by atoms with E-state index in [1.165, 1.54) is 18.2 Å². The van der Waals surface area contributed by atoms with Gasteiger partial charge in [-0.25, -0.2) is 8.78 Å². The fraction of sp³-hybridized carbons (Fsp3) is 0.143. The van der Waals surface area contributed by atoms with Gasteiger partial charge in [-0.2, -0.15) is 0 Å². The smallest absolute Gasteiger partial charge is 0.132 e. The van der Waals surface area contributed by atoms with E-state index in [0.717, 1.165) is 5.56 Å². The Balaban J connectivity index is 2.22. The minimum absolute atomic E-state index is 0.0944. The summed E-state index contributed by atoms with van der Waals surface area (Å²) in [6.45, 7) is -0.182. The van der Waals surface area contributed by atoms with Crippen LogP contribution in [0, 0.1) is 11.6 Å². The molecule has 0 aliphatic carbocycles. The zero-order valence-corrected chi connectivity index (χ0v) is 12.1. The quantitative estimate of drug-likeness (QED) is 0.700. The van der Waals surface area contributed by atoms with Gasteiger partial charge in [-0.15, -0.1) is 0 Å². The highest BCUT2D eigenvalue weighted by atomic mass is 79.9. The van der Waals surface area contributed by atoms with Gasteiger partial charge in [0.25, 0.3) is 0 Å². The summed E-state index contributed by atoms with van der Waals surface area (Å²) in [5.41, 5.74) is 0.656. The van der Waals surface area contributed by atoms with E-state index in [4.69, 9.17) is 16.3 Å². The molecule has 5 heteroatoms. The fourth-order valence-corrected chi connectivity index (χ4v) is 2.60. The summed E-state index contributed by atoms with van der Waals surface area (Å²) in [6.07, 6.45) is 0. The molecular formula is C14H10BrClF2O. The zero-order valence-electron chi connectivity index (χ0n) is 9.80. The Morgan fingerprint density at radius 3 is 2.26 bits per heavy atom. The average molecular weight is 348 g/mol. The van der Waals surface area contributed by atoms with E-state index in [9.17, 15) is 8.78 Å². The molecule has 0 N–H and O–H groups in total. The van der Waals surface area contributed by atoms with Crippen LogP contribution in [0.3, 0.4) is 0 Å². The molecule has 0 bridgehead atoms. The molecule has 0 radical (unpaired) electrons. The predicted octanol–water partition coefficient (Wildman–Crippen LogP) is 5.09. The van der Waals surface area contributed by atoms with E-state index in [1.807, 2.05) is 0 Å². The van der Waals surface area contributed by atoms with Gasteiger partial charge in [0.15, 0.2) is 0 Å². The first-order chi connectivity index (χ1) is 9.13. The maximum Gasteiger partial charge on any atom is 0.132 e. The molecule has 2 rings (SSSR count). The lowest BCUT2D eigenvalue weighted by molar-refractivity contribution is 0.290. The first kappa shape index (κ1) is 14.3. The van der Waals surface area contributed by atoms with Crippen LogP contribution in [0.4, 0.5) is 8.78 Å². The highest BCUT2D eigenvalue weighted by molar-refractivity contribution is 9.08. The van der Waals surface area contributed by atoms with E-state index >= 15 is 0 Å². The van der Waals surface area contributed by atoms with Crippen molar-refractivity contribution in [2.45, 2.75) is 11.9 Å². The van der Waals surface area contributed by atoms with Crippen LogP contribution in [0.15, 0.2) is 36.4 Å². The summed E-state index contributed by atoms with van der Waals surface area (Å²) in [7, 11) is 0. The van der Waals surface area contributed by atoms with E-state index in [-0.39, 0.29) is 12.2 Å². The van der Waals surface area contributed by atoms with E-state index < -0.39 is 11.6 Å². The van der Waals surface area contributed by atoms with E-state index in [0.29, 0.717) is 16.1 Å². The van der Waals surface area contributed by atoms with E-state index in [2.05, 4.69) is 15.9 Å². The molecule has 0 aliphatic rings. The maximum absolute atomic E-state index is 13.5. The molecule has 19 heavy (non-hydrogen) atoms. The van der Waals surface area contributed by atoms with Crippen LogP contribution in [0.2, 0.25) is 5.02 Å². The first-order valence-electron chi connectivity index (χ1n) is 5.52. The van der Waals surface area contributed by atoms with Gasteiger partial charge in [0.2, 0.25) is 0 Å². The highest BCUT2D eigenvalue weighted by Crippen LogP contribution is 2.29. The maximum atomic E-state index is 13.5. The Morgan fingerprint density at radius 1 is 1.00 bits per heavy atom. The van der Waals surface area contributed by atoms with Gasteiger partial charge in [0.05, 0.1) is 5.56 Å². The van der Waals surface area contributed by atoms with Crippen molar-refractivity contribution >= 4 is 27.5 Å². The van der Waals surface area contributed by atoms with Gasteiger partial charge in [-0.05, 0) is 24.3 Å². The van der Waals surface area contributed by atoms with Gasteiger partial charge in [-0.1, -0.05) is 39.7 Å². The largest absolute Gasteiger partial charge is 0.488 e. The van der Waals surface area contributed by atoms with Crippen molar-refractivity contribution in [1.29, 1.82) is 0 Å². The minimum atomic E-state index is -0.623. The van der Waals surface area contributed by atoms with Crippen molar-refractivity contribution in [2.75, 3.05) is 0 Å². The summed E-state index contributed by atoms with van der Waals surface area (Å²) < 4.78 is 32.4. The van der Waals surface area contributed by atoms with Crippen LogP contribution in [-0.4, -0.2) is 0 Å². The van der Waals surface area contributed by atoms with Crippen molar-refractivity contribution in [3.05, 3.63) is 64.2 Å². The molecule has 0 aliphatic heterocycles. The van der Waals surface area contributed by atoms with Crippen LogP contribution in [0.25, 0.3) is 0 Å². The number of ether oxygens (including phenoxy) is 1.